The molecule has 7 nitrogen and oxygen atoms in total. The van der Waals surface area contributed by atoms with E-state index in [4.69, 9.17) is 4.74 Å². The Bertz CT molecular complexity index is 1250. The molecule has 2 aliphatic heterocycles. The number of ether oxygens (including phenoxy) is 1. The lowest BCUT2D eigenvalue weighted by atomic mass is 9.96. The van der Waals surface area contributed by atoms with Crippen LogP contribution in [0.2, 0.25) is 0 Å². The van der Waals surface area contributed by atoms with E-state index in [1.54, 1.807) is 0 Å². The molecule has 0 bridgehead atoms. The van der Waals surface area contributed by atoms with Crippen LogP contribution < -0.4 is 16.2 Å². The summed E-state index contributed by atoms with van der Waals surface area (Å²) >= 11 is 0. The lowest BCUT2D eigenvalue weighted by molar-refractivity contribution is -0.214. The van der Waals surface area contributed by atoms with Crippen LogP contribution in [0, 0.1) is 5.82 Å². The Labute approximate surface area is 221 Å². The van der Waals surface area contributed by atoms with Gasteiger partial charge >= 0.3 is 6.18 Å². The van der Waals surface area contributed by atoms with Crippen molar-refractivity contribution in [1.29, 1.82) is 0 Å². The van der Waals surface area contributed by atoms with E-state index in [1.807, 2.05) is 7.05 Å². The second kappa shape index (κ2) is 11.2. The fraction of sp³-hybridized carbons (Fsp3) is 0.538. The van der Waals surface area contributed by atoms with Crippen LogP contribution in [-0.2, 0) is 10.3 Å². The lowest BCUT2D eigenvalue weighted by Crippen LogP contribution is -2.52. The number of pyridine rings is 1. The van der Waals surface area contributed by atoms with Gasteiger partial charge in [-0.3, -0.25) is 14.2 Å². The van der Waals surface area contributed by atoms with Crippen LogP contribution in [0.3, 0.4) is 0 Å². The molecule has 0 aliphatic carbocycles. The van der Waals surface area contributed by atoms with Crippen LogP contribution in [0.15, 0.2) is 35.3 Å². The Balaban J connectivity index is 1.73. The van der Waals surface area contributed by atoms with Crippen molar-refractivity contribution in [1.82, 2.24) is 14.8 Å². The number of halogens is 6. The third kappa shape index (κ3) is 5.79. The van der Waals surface area contributed by atoms with E-state index in [-0.39, 0.29) is 29.5 Å². The van der Waals surface area contributed by atoms with E-state index in [2.05, 4.69) is 15.5 Å². The molecule has 1 unspecified atom stereocenters. The fourth-order valence-electron chi connectivity index (χ4n) is 5.07. The number of carbonyl (C=O) groups is 1. The van der Waals surface area contributed by atoms with Gasteiger partial charge in [-0.1, -0.05) is 18.2 Å². The molecule has 1 aromatic carbocycles. The topological polar surface area (TPSA) is 75.6 Å². The van der Waals surface area contributed by atoms with Gasteiger partial charge in [-0.2, -0.15) is 13.2 Å². The Morgan fingerprint density at radius 1 is 1.18 bits per heavy atom. The molecule has 1 aromatic heterocycles. The van der Waals surface area contributed by atoms with Gasteiger partial charge in [-0.25, -0.2) is 13.2 Å². The number of hydrogen-bond acceptors (Lipinski definition) is 5. The van der Waals surface area contributed by atoms with Crippen LogP contribution in [0.25, 0.3) is 0 Å². The van der Waals surface area contributed by atoms with Crippen LogP contribution >= 0.6 is 0 Å². The molecule has 2 fully saturated rings. The van der Waals surface area contributed by atoms with E-state index in [0.29, 0.717) is 17.4 Å². The number of benzene rings is 1. The average molecular weight is 561 g/mol. The molecule has 2 atom stereocenters. The molecule has 2 saturated heterocycles. The summed E-state index contributed by atoms with van der Waals surface area (Å²) in [5.41, 5.74) is -4.90. The summed E-state index contributed by atoms with van der Waals surface area (Å²) in [6.45, 7) is 1.83. The smallest absolute Gasteiger partial charge is 0.381 e. The summed E-state index contributed by atoms with van der Waals surface area (Å²) in [6, 6.07) is 3.09. The van der Waals surface area contributed by atoms with Gasteiger partial charge in [-0.05, 0) is 39.9 Å². The van der Waals surface area contributed by atoms with Crippen molar-refractivity contribution in [3.63, 3.8) is 0 Å². The lowest BCUT2D eigenvalue weighted by Gasteiger charge is -2.34. The van der Waals surface area contributed by atoms with Gasteiger partial charge < -0.3 is 20.3 Å². The standard InChI is InChI=1S/C26H30F6N4O3/c1-15(17-4-3-5-18(22(17)27)23(28)29)33-24(38)19-13-36(25(26(30,31)32)8-11-39-14-25)21(37)12-20(19)34-16-6-9-35(2)10-7-16/h3-5,12-13,15-16,23,34H,6-11,14H2,1-2H3,(H,33,38)/t15-,25?/m1/s1. The number of alkyl halides is 5. The molecule has 13 heteroatoms. The molecule has 2 aliphatic rings. The fourth-order valence-corrected chi connectivity index (χ4v) is 5.07. The molecule has 3 heterocycles. The number of aromatic nitrogens is 1. The molecule has 2 N–H and O–H groups in total. The molecule has 39 heavy (non-hydrogen) atoms. The maximum Gasteiger partial charge on any atom is 0.414 e. The van der Waals surface area contributed by atoms with Crippen molar-refractivity contribution in [3.05, 3.63) is 63.3 Å². The minimum Gasteiger partial charge on any atom is -0.381 e. The number of hydrogen-bond donors (Lipinski definition) is 2. The molecular weight excluding hydrogens is 530 g/mol. The van der Waals surface area contributed by atoms with E-state index in [0.717, 1.165) is 31.4 Å². The van der Waals surface area contributed by atoms with Crippen LogP contribution in [-0.4, -0.2) is 60.9 Å². The number of carbonyl (C=O) groups excluding carboxylic acids is 1. The zero-order valence-electron chi connectivity index (χ0n) is 21.5. The molecule has 0 spiro atoms. The summed E-state index contributed by atoms with van der Waals surface area (Å²) in [7, 11) is 1.94. The van der Waals surface area contributed by atoms with Gasteiger partial charge in [0.2, 0.25) is 0 Å². The summed E-state index contributed by atoms with van der Waals surface area (Å²) in [4.78, 5) is 28.6. The van der Waals surface area contributed by atoms with E-state index >= 15 is 0 Å². The Kier molecular flexibility index (Phi) is 8.31. The van der Waals surface area contributed by atoms with Crippen molar-refractivity contribution in [2.45, 2.75) is 56.4 Å². The largest absolute Gasteiger partial charge is 0.414 e. The highest BCUT2D eigenvalue weighted by atomic mass is 19.4. The molecule has 214 valence electrons. The molecule has 0 saturated carbocycles. The first-order chi connectivity index (χ1) is 18.3. The molecule has 0 radical (unpaired) electrons. The van der Waals surface area contributed by atoms with Gasteiger partial charge in [-0.15, -0.1) is 0 Å². The maximum atomic E-state index is 14.7. The van der Waals surface area contributed by atoms with Crippen molar-refractivity contribution in [3.8, 4) is 0 Å². The number of nitrogens with one attached hydrogen (secondary N) is 2. The number of anilines is 1. The van der Waals surface area contributed by atoms with Gasteiger partial charge in [0.15, 0.2) is 5.54 Å². The summed E-state index contributed by atoms with van der Waals surface area (Å²) in [5, 5.41) is 5.62. The summed E-state index contributed by atoms with van der Waals surface area (Å²) in [6.07, 6.45) is -6.24. The highest BCUT2D eigenvalue weighted by molar-refractivity contribution is 5.99. The third-order valence-corrected chi connectivity index (χ3v) is 7.47. The molecular formula is C26H30F6N4O3. The monoisotopic (exact) mass is 560 g/mol. The predicted octanol–water partition coefficient (Wildman–Crippen LogP) is 4.60. The van der Waals surface area contributed by atoms with Gasteiger partial charge in [0.1, 0.15) is 5.82 Å². The van der Waals surface area contributed by atoms with E-state index in [1.165, 1.54) is 19.1 Å². The minimum absolute atomic E-state index is 0.0357. The van der Waals surface area contributed by atoms with Crippen LogP contribution in [0.5, 0.6) is 0 Å². The predicted molar refractivity (Wildman–Crippen MR) is 132 cm³/mol. The first kappa shape index (κ1) is 28.9. The Morgan fingerprint density at radius 2 is 1.85 bits per heavy atom. The number of amides is 1. The van der Waals surface area contributed by atoms with Crippen LogP contribution in [0.1, 0.15) is 60.1 Å². The zero-order chi connectivity index (χ0) is 28.5. The Hall–Kier alpha value is -3.06. The molecule has 4 rings (SSSR count). The van der Waals surface area contributed by atoms with E-state index < -0.39 is 60.1 Å². The van der Waals surface area contributed by atoms with Crippen molar-refractivity contribution < 1.29 is 35.9 Å². The highest BCUT2D eigenvalue weighted by Crippen LogP contribution is 2.42. The molecule has 1 amide bonds. The summed E-state index contributed by atoms with van der Waals surface area (Å²) < 4.78 is 89.3. The zero-order valence-corrected chi connectivity index (χ0v) is 21.5. The first-order valence-corrected chi connectivity index (χ1v) is 12.6. The SMILES string of the molecule is C[C@@H](NC(=O)c1cn(C2(C(F)(F)F)CCOC2)c(=O)cc1NC1CCN(C)CC1)c1cccc(C(F)F)c1F. The van der Waals surface area contributed by atoms with E-state index in [9.17, 15) is 35.9 Å². The highest BCUT2D eigenvalue weighted by Gasteiger charge is 2.59. The number of likely N-dealkylation sites (tertiary alicyclic amines) is 1. The van der Waals surface area contributed by atoms with Gasteiger partial charge in [0.25, 0.3) is 17.9 Å². The second-order valence-corrected chi connectivity index (χ2v) is 10.1. The normalized spacial score (nSPS) is 21.8. The average Bonchev–Trinajstić information content (AvgIpc) is 3.37. The summed E-state index contributed by atoms with van der Waals surface area (Å²) in [5.74, 6) is -2.08. The second-order valence-electron chi connectivity index (χ2n) is 10.1. The van der Waals surface area contributed by atoms with Crippen molar-refractivity contribution in [2.75, 3.05) is 38.7 Å². The molecule has 2 aromatic rings. The quantitative estimate of drug-likeness (QED) is 0.485. The number of rotatable bonds is 7. The van der Waals surface area contributed by atoms with Crippen LogP contribution in [0.4, 0.5) is 32.0 Å². The van der Waals surface area contributed by atoms with Crippen molar-refractivity contribution >= 4 is 11.6 Å². The third-order valence-electron chi connectivity index (χ3n) is 7.47. The number of nitrogens with zero attached hydrogens (tertiary/aromatic N) is 2. The minimum atomic E-state index is -4.85. The first-order valence-electron chi connectivity index (χ1n) is 12.6. The van der Waals surface area contributed by atoms with Crippen molar-refractivity contribution in [2.24, 2.45) is 0 Å². The van der Waals surface area contributed by atoms with Gasteiger partial charge in [0, 0.05) is 36.9 Å². The van der Waals surface area contributed by atoms with Gasteiger partial charge in [0.05, 0.1) is 29.5 Å². The maximum absolute atomic E-state index is 14.7. The number of piperidine rings is 1. The Morgan fingerprint density at radius 3 is 2.44 bits per heavy atom.